The van der Waals surface area contributed by atoms with E-state index in [4.69, 9.17) is 4.42 Å². The SMILES string of the molecule is O=C(c1ccc2nc(N3CCC(F)(F)CC3)oc2c1)N1CCN(c2nc3ccccc3c(=O)[nH]2)CC1. The molecule has 1 N–H and O–H groups in total. The Hall–Kier alpha value is -4.02. The second kappa shape index (κ2) is 8.58. The van der Waals surface area contributed by atoms with Crippen LogP contribution >= 0.6 is 0 Å². The molecule has 2 aliphatic heterocycles. The Labute approximate surface area is 204 Å². The number of oxazole rings is 1. The molecule has 2 aliphatic rings. The lowest BCUT2D eigenvalue weighted by Gasteiger charge is -2.35. The molecule has 0 atom stereocenters. The van der Waals surface area contributed by atoms with Gasteiger partial charge in [0, 0.05) is 57.7 Å². The van der Waals surface area contributed by atoms with Crippen LogP contribution in [0.3, 0.4) is 0 Å². The number of aromatic amines is 1. The number of piperazine rings is 1. The molecule has 6 rings (SSSR count). The maximum Gasteiger partial charge on any atom is 0.298 e. The largest absolute Gasteiger partial charge is 0.423 e. The van der Waals surface area contributed by atoms with E-state index in [2.05, 4.69) is 15.0 Å². The second-order valence-corrected chi connectivity index (χ2v) is 9.21. The molecule has 186 valence electrons. The minimum absolute atomic E-state index is 0.132. The molecule has 0 aliphatic carbocycles. The Kier molecular flexibility index (Phi) is 5.35. The van der Waals surface area contributed by atoms with Gasteiger partial charge in [0.15, 0.2) is 5.58 Å². The zero-order valence-electron chi connectivity index (χ0n) is 19.4. The molecular weight excluding hydrogens is 470 g/mol. The van der Waals surface area contributed by atoms with E-state index in [1.807, 2.05) is 11.0 Å². The highest BCUT2D eigenvalue weighted by molar-refractivity contribution is 5.97. The van der Waals surface area contributed by atoms with Gasteiger partial charge >= 0.3 is 0 Å². The summed E-state index contributed by atoms with van der Waals surface area (Å²) in [5, 5.41) is 0.541. The molecule has 2 saturated heterocycles. The molecule has 11 heteroatoms. The number of anilines is 2. The van der Waals surface area contributed by atoms with Crippen molar-refractivity contribution in [2.24, 2.45) is 0 Å². The first-order valence-electron chi connectivity index (χ1n) is 11.9. The van der Waals surface area contributed by atoms with Gasteiger partial charge in [-0.1, -0.05) is 12.1 Å². The number of benzene rings is 2. The van der Waals surface area contributed by atoms with Crippen LogP contribution in [0.2, 0.25) is 0 Å². The van der Waals surface area contributed by atoms with E-state index in [9.17, 15) is 18.4 Å². The number of halogens is 2. The average Bonchev–Trinajstić information content (AvgIpc) is 3.32. The fourth-order valence-electron chi connectivity index (χ4n) is 4.73. The molecule has 36 heavy (non-hydrogen) atoms. The number of carbonyl (C=O) groups excluding carboxylic acids is 1. The standard InChI is InChI=1S/C25H24F2N6O3/c26-25(27)7-9-33(10-8-25)24-29-19-6-5-16(15-20(19)36-24)22(35)31-11-13-32(14-12-31)23-28-18-4-2-1-3-17(18)21(34)30-23/h1-6,15H,7-14H2,(H,28,30,34). The molecule has 0 spiro atoms. The predicted octanol–water partition coefficient (Wildman–Crippen LogP) is 3.26. The first-order valence-corrected chi connectivity index (χ1v) is 11.9. The lowest BCUT2D eigenvalue weighted by molar-refractivity contribution is -0.0226. The lowest BCUT2D eigenvalue weighted by atomic mass is 10.1. The first kappa shape index (κ1) is 22.4. The van der Waals surface area contributed by atoms with E-state index >= 15 is 0 Å². The van der Waals surface area contributed by atoms with E-state index in [-0.39, 0.29) is 37.4 Å². The summed E-state index contributed by atoms with van der Waals surface area (Å²) in [5.74, 6) is -2.28. The third-order valence-electron chi connectivity index (χ3n) is 6.86. The highest BCUT2D eigenvalue weighted by Gasteiger charge is 2.35. The van der Waals surface area contributed by atoms with E-state index in [0.717, 1.165) is 0 Å². The van der Waals surface area contributed by atoms with Gasteiger partial charge in [0.05, 0.1) is 10.9 Å². The van der Waals surface area contributed by atoms with Crippen molar-refractivity contribution in [1.82, 2.24) is 19.9 Å². The molecule has 2 aromatic heterocycles. The Morgan fingerprint density at radius 1 is 0.917 bits per heavy atom. The van der Waals surface area contributed by atoms with Gasteiger partial charge in [0.25, 0.3) is 23.4 Å². The topological polar surface area (TPSA) is 98.6 Å². The monoisotopic (exact) mass is 494 g/mol. The Bertz CT molecular complexity index is 1500. The van der Waals surface area contributed by atoms with Gasteiger partial charge in [-0.2, -0.15) is 4.98 Å². The van der Waals surface area contributed by atoms with Crippen LogP contribution < -0.4 is 15.4 Å². The number of amides is 1. The van der Waals surface area contributed by atoms with Crippen molar-refractivity contribution in [2.75, 3.05) is 49.1 Å². The highest BCUT2D eigenvalue weighted by atomic mass is 19.3. The number of hydrogen-bond acceptors (Lipinski definition) is 7. The van der Waals surface area contributed by atoms with Crippen molar-refractivity contribution in [3.63, 3.8) is 0 Å². The zero-order valence-corrected chi connectivity index (χ0v) is 19.4. The summed E-state index contributed by atoms with van der Waals surface area (Å²) in [7, 11) is 0. The number of piperidine rings is 1. The molecule has 2 aromatic carbocycles. The van der Waals surface area contributed by atoms with Crippen LogP contribution in [-0.2, 0) is 0 Å². The Balaban J connectivity index is 1.14. The van der Waals surface area contributed by atoms with Crippen LogP contribution in [-0.4, -0.2) is 71.0 Å². The number of fused-ring (bicyclic) bond motifs is 2. The van der Waals surface area contributed by atoms with Crippen LogP contribution in [0.5, 0.6) is 0 Å². The van der Waals surface area contributed by atoms with Gasteiger partial charge in [-0.15, -0.1) is 0 Å². The van der Waals surface area contributed by atoms with Gasteiger partial charge in [-0.3, -0.25) is 14.6 Å². The third-order valence-corrected chi connectivity index (χ3v) is 6.86. The summed E-state index contributed by atoms with van der Waals surface area (Å²) in [5.41, 5.74) is 1.95. The van der Waals surface area contributed by atoms with Crippen molar-refractivity contribution in [1.29, 1.82) is 0 Å². The van der Waals surface area contributed by atoms with Crippen molar-refractivity contribution in [2.45, 2.75) is 18.8 Å². The van der Waals surface area contributed by atoms with Crippen LogP contribution in [0, 0.1) is 0 Å². The number of nitrogens with zero attached hydrogens (tertiary/aromatic N) is 5. The molecule has 0 unspecified atom stereocenters. The molecular formula is C25H24F2N6O3. The lowest BCUT2D eigenvalue weighted by Crippen LogP contribution is -2.49. The first-order chi connectivity index (χ1) is 17.4. The molecule has 0 radical (unpaired) electrons. The number of alkyl halides is 2. The van der Waals surface area contributed by atoms with Gasteiger partial charge in [0.1, 0.15) is 5.52 Å². The third kappa shape index (κ3) is 4.14. The summed E-state index contributed by atoms with van der Waals surface area (Å²) in [6, 6.07) is 12.6. The van der Waals surface area contributed by atoms with Gasteiger partial charge in [-0.25, -0.2) is 13.8 Å². The van der Waals surface area contributed by atoms with Gasteiger partial charge in [0.2, 0.25) is 5.95 Å². The quantitative estimate of drug-likeness (QED) is 0.467. The fourth-order valence-corrected chi connectivity index (χ4v) is 4.73. The van der Waals surface area contributed by atoms with Crippen LogP contribution in [0.15, 0.2) is 51.7 Å². The van der Waals surface area contributed by atoms with E-state index in [1.54, 1.807) is 46.2 Å². The summed E-state index contributed by atoms with van der Waals surface area (Å²) in [6.45, 7) is 2.34. The van der Waals surface area contributed by atoms with E-state index in [0.29, 0.717) is 65.7 Å². The molecule has 9 nitrogen and oxygen atoms in total. The van der Waals surface area contributed by atoms with Crippen molar-refractivity contribution in [3.05, 3.63) is 58.4 Å². The molecule has 0 bridgehead atoms. The van der Waals surface area contributed by atoms with Gasteiger partial charge < -0.3 is 19.1 Å². The van der Waals surface area contributed by atoms with E-state index < -0.39 is 5.92 Å². The normalized spacial score (nSPS) is 18.2. The van der Waals surface area contributed by atoms with E-state index in [1.165, 1.54) is 0 Å². The molecule has 1 amide bonds. The second-order valence-electron chi connectivity index (χ2n) is 9.21. The number of rotatable bonds is 3. The minimum atomic E-state index is -2.65. The maximum absolute atomic E-state index is 13.5. The zero-order chi connectivity index (χ0) is 24.9. The highest BCUT2D eigenvalue weighted by Crippen LogP contribution is 2.32. The molecule has 4 aromatic rings. The number of H-pyrrole nitrogens is 1. The Morgan fingerprint density at radius 3 is 2.44 bits per heavy atom. The summed E-state index contributed by atoms with van der Waals surface area (Å²) in [4.78, 5) is 42.8. The average molecular weight is 495 g/mol. The predicted molar refractivity (Wildman–Crippen MR) is 131 cm³/mol. The van der Waals surface area contributed by atoms with Crippen molar-refractivity contribution < 1.29 is 18.0 Å². The summed E-state index contributed by atoms with van der Waals surface area (Å²) in [6.07, 6.45) is -0.464. The maximum atomic E-state index is 13.5. The molecule has 4 heterocycles. The fraction of sp³-hybridized carbons (Fsp3) is 0.360. The Morgan fingerprint density at radius 2 is 1.67 bits per heavy atom. The number of nitrogens with one attached hydrogen (secondary N) is 1. The van der Waals surface area contributed by atoms with Crippen molar-refractivity contribution in [3.8, 4) is 0 Å². The number of aromatic nitrogens is 3. The van der Waals surface area contributed by atoms with Crippen LogP contribution in [0.1, 0.15) is 23.2 Å². The summed E-state index contributed by atoms with van der Waals surface area (Å²) < 4.78 is 32.8. The summed E-state index contributed by atoms with van der Waals surface area (Å²) >= 11 is 0. The number of para-hydroxylation sites is 1. The molecule has 0 saturated carbocycles. The van der Waals surface area contributed by atoms with Gasteiger partial charge in [-0.05, 0) is 30.3 Å². The molecule has 2 fully saturated rings. The van der Waals surface area contributed by atoms with Crippen molar-refractivity contribution >= 4 is 39.9 Å². The van der Waals surface area contributed by atoms with Crippen LogP contribution in [0.25, 0.3) is 22.0 Å². The number of carbonyl (C=O) groups is 1. The minimum Gasteiger partial charge on any atom is -0.423 e. The van der Waals surface area contributed by atoms with Crippen LogP contribution in [0.4, 0.5) is 20.7 Å². The number of hydrogen-bond donors (Lipinski definition) is 1. The smallest absolute Gasteiger partial charge is 0.298 e.